The van der Waals surface area contributed by atoms with Crippen molar-refractivity contribution in [3.63, 3.8) is 0 Å². The highest BCUT2D eigenvalue weighted by atomic mass is 16.6. The molecular formula is C12H18N2O3. The Kier molecular flexibility index (Phi) is 5.59. The van der Waals surface area contributed by atoms with Crippen LogP contribution in [0, 0.1) is 10.1 Å². The quantitative estimate of drug-likeness (QED) is 0.583. The molecule has 0 saturated carbocycles. The van der Waals surface area contributed by atoms with Gasteiger partial charge in [0, 0.05) is 37.9 Å². The van der Waals surface area contributed by atoms with E-state index in [0.717, 1.165) is 6.42 Å². The molecule has 0 bridgehead atoms. The molecule has 0 aliphatic heterocycles. The van der Waals surface area contributed by atoms with Crippen LogP contribution in [0.15, 0.2) is 24.3 Å². The van der Waals surface area contributed by atoms with Crippen molar-refractivity contribution in [1.29, 1.82) is 0 Å². The number of rotatable bonds is 7. The zero-order valence-corrected chi connectivity index (χ0v) is 10.2. The summed E-state index contributed by atoms with van der Waals surface area (Å²) in [5.41, 5.74) is 0.876. The molecule has 17 heavy (non-hydrogen) atoms. The predicted octanol–water partition coefficient (Wildman–Crippen LogP) is 2.11. The normalized spacial score (nSPS) is 12.4. The van der Waals surface area contributed by atoms with Gasteiger partial charge >= 0.3 is 0 Å². The topological polar surface area (TPSA) is 64.4 Å². The minimum absolute atomic E-state index is 0.166. The van der Waals surface area contributed by atoms with Gasteiger partial charge in [0.25, 0.3) is 5.69 Å². The van der Waals surface area contributed by atoms with E-state index in [4.69, 9.17) is 4.74 Å². The van der Waals surface area contributed by atoms with E-state index >= 15 is 0 Å². The first-order valence-corrected chi connectivity index (χ1v) is 5.59. The number of ether oxygens (including phenoxy) is 1. The fourth-order valence-electron chi connectivity index (χ4n) is 1.52. The van der Waals surface area contributed by atoms with Crippen molar-refractivity contribution in [2.45, 2.75) is 25.9 Å². The molecule has 5 heteroatoms. The lowest BCUT2D eigenvalue weighted by Gasteiger charge is -2.13. The number of nitrogens with zero attached hydrogens (tertiary/aromatic N) is 1. The minimum atomic E-state index is -0.350. The average molecular weight is 238 g/mol. The molecule has 1 rings (SSSR count). The lowest BCUT2D eigenvalue weighted by atomic mass is 10.1. The zero-order valence-electron chi connectivity index (χ0n) is 10.2. The third-order valence-electron chi connectivity index (χ3n) is 2.58. The van der Waals surface area contributed by atoms with E-state index in [9.17, 15) is 10.1 Å². The van der Waals surface area contributed by atoms with Crippen molar-refractivity contribution in [3.8, 4) is 0 Å². The summed E-state index contributed by atoms with van der Waals surface area (Å²) in [6, 6.07) is 7.06. The van der Waals surface area contributed by atoms with Gasteiger partial charge in [0.15, 0.2) is 0 Å². The summed E-state index contributed by atoms with van der Waals surface area (Å²) < 4.78 is 4.98. The molecular weight excluding hydrogens is 220 g/mol. The summed E-state index contributed by atoms with van der Waals surface area (Å²) in [6.07, 6.45) is 0.886. The zero-order chi connectivity index (χ0) is 12.7. The van der Waals surface area contributed by atoms with Crippen LogP contribution in [-0.2, 0) is 11.3 Å². The highest BCUT2D eigenvalue weighted by Gasteiger charge is 2.12. The number of nitrogens with one attached hydrogen (secondary N) is 1. The molecule has 0 fully saturated rings. The van der Waals surface area contributed by atoms with Gasteiger partial charge in [-0.3, -0.25) is 10.1 Å². The average Bonchev–Trinajstić information content (AvgIpc) is 2.34. The van der Waals surface area contributed by atoms with E-state index in [1.807, 2.05) is 13.0 Å². The van der Waals surface area contributed by atoms with Crippen LogP contribution >= 0.6 is 0 Å². The third-order valence-corrected chi connectivity index (χ3v) is 2.58. The van der Waals surface area contributed by atoms with E-state index in [-0.39, 0.29) is 16.7 Å². The number of hydrogen-bond acceptors (Lipinski definition) is 4. The first-order chi connectivity index (χ1) is 8.15. The van der Waals surface area contributed by atoms with Gasteiger partial charge < -0.3 is 10.1 Å². The maximum atomic E-state index is 10.8. The maximum absolute atomic E-state index is 10.8. The van der Waals surface area contributed by atoms with Crippen LogP contribution in [0.3, 0.4) is 0 Å². The molecule has 1 unspecified atom stereocenters. The SMILES string of the molecule is COCCC(C)NCc1ccccc1[N+](=O)[O-]. The van der Waals surface area contributed by atoms with Gasteiger partial charge in [0.2, 0.25) is 0 Å². The second-order valence-electron chi connectivity index (χ2n) is 3.95. The fraction of sp³-hybridized carbons (Fsp3) is 0.500. The maximum Gasteiger partial charge on any atom is 0.273 e. The Hall–Kier alpha value is -1.46. The number of methoxy groups -OCH3 is 1. The van der Waals surface area contributed by atoms with Gasteiger partial charge in [0.05, 0.1) is 4.92 Å². The molecule has 1 atom stereocenters. The molecule has 0 amide bonds. The van der Waals surface area contributed by atoms with Crippen molar-refractivity contribution < 1.29 is 9.66 Å². The van der Waals surface area contributed by atoms with Gasteiger partial charge in [0.1, 0.15) is 0 Å². The second-order valence-corrected chi connectivity index (χ2v) is 3.95. The summed E-state index contributed by atoms with van der Waals surface area (Å²) in [7, 11) is 1.66. The molecule has 5 nitrogen and oxygen atoms in total. The molecule has 1 aromatic carbocycles. The lowest BCUT2D eigenvalue weighted by Crippen LogP contribution is -2.26. The van der Waals surface area contributed by atoms with Crippen molar-refractivity contribution in [1.82, 2.24) is 5.32 Å². The van der Waals surface area contributed by atoms with Crippen molar-refractivity contribution in [2.75, 3.05) is 13.7 Å². The highest BCUT2D eigenvalue weighted by molar-refractivity contribution is 5.39. The first-order valence-electron chi connectivity index (χ1n) is 5.59. The van der Waals surface area contributed by atoms with Crippen LogP contribution in [0.25, 0.3) is 0 Å². The molecule has 0 radical (unpaired) electrons. The third kappa shape index (κ3) is 4.50. The van der Waals surface area contributed by atoms with Crippen LogP contribution in [0.4, 0.5) is 5.69 Å². The Labute approximate surface area is 101 Å². The Balaban J connectivity index is 2.54. The van der Waals surface area contributed by atoms with Gasteiger partial charge in [-0.15, -0.1) is 0 Å². The number of nitro groups is 1. The molecule has 0 heterocycles. The van der Waals surface area contributed by atoms with Crippen molar-refractivity contribution >= 4 is 5.69 Å². The smallest absolute Gasteiger partial charge is 0.273 e. The van der Waals surface area contributed by atoms with Crippen LogP contribution < -0.4 is 5.32 Å². The number of hydrogen-bond donors (Lipinski definition) is 1. The lowest BCUT2D eigenvalue weighted by molar-refractivity contribution is -0.385. The summed E-state index contributed by atoms with van der Waals surface area (Å²) >= 11 is 0. The fourth-order valence-corrected chi connectivity index (χ4v) is 1.52. The first kappa shape index (κ1) is 13.6. The monoisotopic (exact) mass is 238 g/mol. The number of nitro benzene ring substituents is 1. The molecule has 0 aromatic heterocycles. The van der Waals surface area contributed by atoms with Crippen LogP contribution in [0.2, 0.25) is 0 Å². The number of para-hydroxylation sites is 1. The van der Waals surface area contributed by atoms with E-state index < -0.39 is 0 Å². The molecule has 1 aromatic rings. The van der Waals surface area contributed by atoms with E-state index in [2.05, 4.69) is 5.32 Å². The van der Waals surface area contributed by atoms with Crippen molar-refractivity contribution in [3.05, 3.63) is 39.9 Å². The van der Waals surface area contributed by atoms with Gasteiger partial charge in [-0.25, -0.2) is 0 Å². The Morgan fingerprint density at radius 1 is 1.47 bits per heavy atom. The van der Waals surface area contributed by atoms with Crippen LogP contribution in [-0.4, -0.2) is 24.7 Å². The Morgan fingerprint density at radius 3 is 2.82 bits per heavy atom. The van der Waals surface area contributed by atoms with Crippen molar-refractivity contribution in [2.24, 2.45) is 0 Å². The molecule has 1 N–H and O–H groups in total. The molecule has 0 aliphatic carbocycles. The summed E-state index contributed by atoms with van der Waals surface area (Å²) in [5, 5.41) is 14.0. The Bertz CT molecular complexity index is 369. The largest absolute Gasteiger partial charge is 0.385 e. The Morgan fingerprint density at radius 2 is 2.18 bits per heavy atom. The standard InChI is InChI=1S/C12H18N2O3/c1-10(7-8-17-2)13-9-11-5-3-4-6-12(11)14(15)16/h3-6,10,13H,7-9H2,1-2H3. The summed E-state index contributed by atoms with van der Waals surface area (Å²) in [6.45, 7) is 3.22. The van der Waals surface area contributed by atoms with Gasteiger partial charge in [-0.1, -0.05) is 18.2 Å². The van der Waals surface area contributed by atoms with Gasteiger partial charge in [-0.2, -0.15) is 0 Å². The molecule has 94 valence electrons. The molecule has 0 spiro atoms. The second kappa shape index (κ2) is 6.98. The van der Waals surface area contributed by atoms with E-state index in [1.54, 1.807) is 19.2 Å². The highest BCUT2D eigenvalue weighted by Crippen LogP contribution is 2.17. The van der Waals surface area contributed by atoms with Crippen LogP contribution in [0.1, 0.15) is 18.9 Å². The molecule has 0 aliphatic rings. The van der Waals surface area contributed by atoms with E-state index in [0.29, 0.717) is 18.7 Å². The summed E-state index contributed by atoms with van der Waals surface area (Å²) in [5.74, 6) is 0. The minimum Gasteiger partial charge on any atom is -0.385 e. The van der Waals surface area contributed by atoms with E-state index in [1.165, 1.54) is 6.07 Å². The predicted molar refractivity (Wildman–Crippen MR) is 65.9 cm³/mol. The summed E-state index contributed by atoms with van der Waals surface area (Å²) in [4.78, 5) is 10.4. The van der Waals surface area contributed by atoms with Gasteiger partial charge in [-0.05, 0) is 13.3 Å². The number of benzene rings is 1. The van der Waals surface area contributed by atoms with Crippen LogP contribution in [0.5, 0.6) is 0 Å². The molecule has 0 saturated heterocycles.